The summed E-state index contributed by atoms with van der Waals surface area (Å²) in [6, 6.07) is 4.76. The Kier molecular flexibility index (Phi) is 4.59. The molecule has 1 heterocycles. The molecule has 1 aromatic heterocycles. The maximum Gasteiger partial charge on any atom is 0.419 e. The van der Waals surface area contributed by atoms with E-state index in [9.17, 15) is 18.0 Å². The monoisotopic (exact) mass is 313 g/mol. The Labute approximate surface area is 121 Å². The summed E-state index contributed by atoms with van der Waals surface area (Å²) < 4.78 is 32.7. The van der Waals surface area contributed by atoms with Gasteiger partial charge in [-0.3, -0.25) is 13.5 Å². The number of hydrogen-bond donors (Lipinski definition) is 0. The van der Waals surface area contributed by atoms with Gasteiger partial charge < -0.3 is 4.42 Å². The van der Waals surface area contributed by atoms with Crippen LogP contribution in [0.5, 0.6) is 0 Å². The van der Waals surface area contributed by atoms with Crippen LogP contribution in [0.25, 0.3) is 11.1 Å². The van der Waals surface area contributed by atoms with Gasteiger partial charge in [-0.1, -0.05) is 0 Å². The van der Waals surface area contributed by atoms with Crippen molar-refractivity contribution in [2.75, 3.05) is 12.9 Å². The number of carbonyl (C=O) groups is 1. The zero-order valence-electron chi connectivity index (χ0n) is 11.4. The number of benzene rings is 1. The predicted molar refractivity (Wildman–Crippen MR) is 75.9 cm³/mol. The molecule has 0 unspecified atom stereocenters. The highest BCUT2D eigenvalue weighted by atomic mass is 32.2. The molecule has 0 radical (unpaired) electrons. The summed E-state index contributed by atoms with van der Waals surface area (Å²) >= 11 is 0. The number of oxazole rings is 1. The van der Waals surface area contributed by atoms with Gasteiger partial charge >= 0.3 is 5.76 Å². The lowest BCUT2D eigenvalue weighted by atomic mass is 10.2. The lowest BCUT2D eigenvalue weighted by Gasteiger charge is -2.03. The van der Waals surface area contributed by atoms with Crippen LogP contribution in [0.1, 0.15) is 23.2 Å². The summed E-state index contributed by atoms with van der Waals surface area (Å²) in [4.78, 5) is 22.4. The van der Waals surface area contributed by atoms with Gasteiger partial charge in [0.05, 0.1) is 18.4 Å². The average molecular weight is 313 g/mol. The molecular formula is C13H15NO6S. The third kappa shape index (κ3) is 4.02. The van der Waals surface area contributed by atoms with E-state index >= 15 is 0 Å². The smallest absolute Gasteiger partial charge is 0.408 e. The Morgan fingerprint density at radius 1 is 1.33 bits per heavy atom. The molecule has 0 fully saturated rings. The molecule has 8 heteroatoms. The Hall–Kier alpha value is -1.93. The summed E-state index contributed by atoms with van der Waals surface area (Å²) in [5, 5.41) is 0. The lowest BCUT2D eigenvalue weighted by Crippen LogP contribution is -2.14. The zero-order chi connectivity index (χ0) is 15.5. The standard InChI is InChI=1S/C13H15NO6S/c1-21(17,18)19-7-3-2-6-14-11-5-4-10(9-15)8-12(11)20-13(14)16/h4-5,8-9H,2-3,6-7H2,1H3. The van der Waals surface area contributed by atoms with Gasteiger partial charge in [0.1, 0.15) is 6.29 Å². The van der Waals surface area contributed by atoms with Crippen molar-refractivity contribution in [2.45, 2.75) is 19.4 Å². The second-order valence-corrected chi connectivity index (χ2v) is 6.24. The van der Waals surface area contributed by atoms with E-state index in [1.807, 2.05) is 0 Å². The van der Waals surface area contributed by atoms with E-state index in [0.29, 0.717) is 42.3 Å². The highest BCUT2D eigenvalue weighted by Crippen LogP contribution is 2.15. The van der Waals surface area contributed by atoms with Gasteiger partial charge in [0.25, 0.3) is 10.1 Å². The Balaban J connectivity index is 2.04. The van der Waals surface area contributed by atoms with Crippen LogP contribution in [0.2, 0.25) is 0 Å². The van der Waals surface area contributed by atoms with E-state index in [4.69, 9.17) is 4.42 Å². The van der Waals surface area contributed by atoms with Crippen molar-refractivity contribution in [3.63, 3.8) is 0 Å². The van der Waals surface area contributed by atoms with Crippen molar-refractivity contribution in [3.05, 3.63) is 34.3 Å². The molecule has 0 aliphatic carbocycles. The molecule has 0 amide bonds. The average Bonchev–Trinajstić information content (AvgIpc) is 2.72. The maximum absolute atomic E-state index is 11.7. The normalized spacial score (nSPS) is 11.9. The topological polar surface area (TPSA) is 95.6 Å². The third-order valence-electron chi connectivity index (χ3n) is 2.90. The minimum atomic E-state index is -3.43. The first-order chi connectivity index (χ1) is 9.90. The molecular weight excluding hydrogens is 298 g/mol. The molecule has 0 saturated carbocycles. The number of aromatic nitrogens is 1. The second-order valence-electron chi connectivity index (χ2n) is 4.60. The summed E-state index contributed by atoms with van der Waals surface area (Å²) in [6.45, 7) is 0.470. The van der Waals surface area contributed by atoms with Gasteiger partial charge in [0, 0.05) is 12.1 Å². The van der Waals surface area contributed by atoms with Gasteiger partial charge in [0.15, 0.2) is 5.58 Å². The van der Waals surface area contributed by atoms with Crippen molar-refractivity contribution < 1.29 is 21.8 Å². The van der Waals surface area contributed by atoms with E-state index < -0.39 is 15.9 Å². The number of fused-ring (bicyclic) bond motifs is 1. The number of aldehydes is 1. The number of aryl methyl sites for hydroxylation is 1. The Morgan fingerprint density at radius 2 is 2.10 bits per heavy atom. The number of unbranched alkanes of at least 4 members (excludes halogenated alkanes) is 1. The SMILES string of the molecule is CS(=O)(=O)OCCCCn1c(=O)oc2cc(C=O)ccc21. The first-order valence-corrected chi connectivity index (χ1v) is 8.15. The molecule has 1 aromatic carbocycles. The fourth-order valence-corrected chi connectivity index (χ4v) is 2.37. The fraction of sp³-hybridized carbons (Fsp3) is 0.385. The molecule has 114 valence electrons. The van der Waals surface area contributed by atoms with Gasteiger partial charge in [-0.25, -0.2) is 4.79 Å². The predicted octanol–water partition coefficient (Wildman–Crippen LogP) is 1.16. The van der Waals surface area contributed by atoms with Crippen molar-refractivity contribution in [1.82, 2.24) is 4.57 Å². The number of nitrogens with zero attached hydrogens (tertiary/aromatic N) is 1. The first kappa shape index (κ1) is 15.5. The molecule has 2 aromatic rings. The quantitative estimate of drug-likeness (QED) is 0.432. The molecule has 0 N–H and O–H groups in total. The van der Waals surface area contributed by atoms with E-state index in [2.05, 4.69) is 4.18 Å². The van der Waals surface area contributed by atoms with Gasteiger partial charge in [0.2, 0.25) is 0 Å². The van der Waals surface area contributed by atoms with E-state index in [-0.39, 0.29) is 6.61 Å². The van der Waals surface area contributed by atoms with Gasteiger partial charge in [-0.2, -0.15) is 8.42 Å². The molecule has 0 saturated heterocycles. The van der Waals surface area contributed by atoms with Crippen molar-refractivity contribution in [3.8, 4) is 0 Å². The molecule has 0 bridgehead atoms. The van der Waals surface area contributed by atoms with Crippen LogP contribution >= 0.6 is 0 Å². The molecule has 21 heavy (non-hydrogen) atoms. The summed E-state index contributed by atoms with van der Waals surface area (Å²) in [6.07, 6.45) is 2.74. The maximum atomic E-state index is 11.7. The van der Waals surface area contributed by atoms with Crippen LogP contribution in [0.3, 0.4) is 0 Å². The van der Waals surface area contributed by atoms with Crippen molar-refractivity contribution in [2.24, 2.45) is 0 Å². The zero-order valence-corrected chi connectivity index (χ0v) is 12.3. The van der Waals surface area contributed by atoms with Gasteiger partial charge in [-0.05, 0) is 31.0 Å². The van der Waals surface area contributed by atoms with E-state index in [0.717, 1.165) is 6.26 Å². The molecule has 0 spiro atoms. The minimum Gasteiger partial charge on any atom is -0.408 e. The highest BCUT2D eigenvalue weighted by Gasteiger charge is 2.09. The highest BCUT2D eigenvalue weighted by molar-refractivity contribution is 7.85. The summed E-state index contributed by atoms with van der Waals surface area (Å²) in [7, 11) is -3.43. The number of hydrogen-bond acceptors (Lipinski definition) is 6. The van der Waals surface area contributed by atoms with Crippen LogP contribution in [0.4, 0.5) is 0 Å². The van der Waals surface area contributed by atoms with Crippen LogP contribution in [0, 0.1) is 0 Å². The van der Waals surface area contributed by atoms with Crippen molar-refractivity contribution >= 4 is 27.5 Å². The molecule has 0 aliphatic rings. The van der Waals surface area contributed by atoms with Crippen LogP contribution in [-0.4, -0.2) is 32.1 Å². The first-order valence-electron chi connectivity index (χ1n) is 6.34. The van der Waals surface area contributed by atoms with Crippen LogP contribution < -0.4 is 5.76 Å². The van der Waals surface area contributed by atoms with Crippen molar-refractivity contribution in [1.29, 1.82) is 0 Å². The molecule has 2 rings (SSSR count). The van der Waals surface area contributed by atoms with Crippen LogP contribution in [-0.2, 0) is 20.8 Å². The number of carbonyl (C=O) groups excluding carboxylic acids is 1. The Bertz CT molecular complexity index is 802. The van der Waals surface area contributed by atoms with Crippen LogP contribution in [0.15, 0.2) is 27.4 Å². The number of rotatable bonds is 7. The molecule has 7 nitrogen and oxygen atoms in total. The van der Waals surface area contributed by atoms with Gasteiger partial charge in [-0.15, -0.1) is 0 Å². The fourth-order valence-electron chi connectivity index (χ4n) is 1.95. The summed E-state index contributed by atoms with van der Waals surface area (Å²) in [5.41, 5.74) is 1.40. The lowest BCUT2D eigenvalue weighted by molar-refractivity contribution is 0.112. The second kappa shape index (κ2) is 6.23. The van der Waals surface area contributed by atoms with E-state index in [1.165, 1.54) is 10.6 Å². The minimum absolute atomic E-state index is 0.0820. The Morgan fingerprint density at radius 3 is 2.76 bits per heavy atom. The largest absolute Gasteiger partial charge is 0.419 e. The summed E-state index contributed by atoms with van der Waals surface area (Å²) in [5.74, 6) is -0.503. The molecule has 0 aliphatic heterocycles. The van der Waals surface area contributed by atoms with E-state index in [1.54, 1.807) is 12.1 Å². The third-order valence-corrected chi connectivity index (χ3v) is 3.50. The molecule has 0 atom stereocenters.